The summed E-state index contributed by atoms with van der Waals surface area (Å²) in [6, 6.07) is 6.94. The number of imide groups is 1. The smallest absolute Gasteiger partial charge is 0.249 e. The maximum atomic E-state index is 11.6. The van der Waals surface area contributed by atoms with Crippen LogP contribution in [0.2, 0.25) is 0 Å². The lowest BCUT2D eigenvalue weighted by atomic mass is 10.1. The van der Waals surface area contributed by atoms with Crippen LogP contribution in [-0.4, -0.2) is 29.5 Å². The van der Waals surface area contributed by atoms with E-state index in [1.165, 1.54) is 0 Å². The number of carbonyl (C=O) groups excluding carboxylic acids is 2. The van der Waals surface area contributed by atoms with Crippen LogP contribution in [0, 0.1) is 0 Å². The molecule has 1 aliphatic rings. The number of amides is 2. The Morgan fingerprint density at radius 3 is 2.58 bits per heavy atom. The zero-order chi connectivity index (χ0) is 14.0. The number of nitrogens with zero attached hydrogens (tertiary/aromatic N) is 1. The monoisotopic (exact) mass is 262 g/mol. The number of nitrogens with one attached hydrogen (secondary N) is 1. The van der Waals surface area contributed by atoms with Crippen LogP contribution in [0.15, 0.2) is 24.3 Å². The SMILES string of the molecule is CC[C@H](O)c1ccc(N2CC(=O)NC(=O)C2C)cc1. The van der Waals surface area contributed by atoms with Gasteiger partial charge in [-0.05, 0) is 31.0 Å². The van der Waals surface area contributed by atoms with E-state index in [0.717, 1.165) is 11.3 Å². The summed E-state index contributed by atoms with van der Waals surface area (Å²) in [5.74, 6) is -0.574. The normalized spacial score (nSPS) is 21.2. The van der Waals surface area contributed by atoms with E-state index in [9.17, 15) is 14.7 Å². The largest absolute Gasteiger partial charge is 0.388 e. The standard InChI is InChI=1S/C14H18N2O3/c1-3-12(17)10-4-6-11(7-5-10)16-8-13(18)15-14(19)9(16)2/h4-7,9,12,17H,3,8H2,1-2H3,(H,15,18,19)/t9?,12-/m0/s1. The number of carbonyl (C=O) groups is 2. The van der Waals surface area contributed by atoms with Crippen LogP contribution in [0.25, 0.3) is 0 Å². The number of aliphatic hydroxyl groups is 1. The van der Waals surface area contributed by atoms with E-state index in [2.05, 4.69) is 5.32 Å². The molecule has 2 amide bonds. The Balaban J connectivity index is 2.21. The van der Waals surface area contributed by atoms with Gasteiger partial charge in [-0.15, -0.1) is 0 Å². The van der Waals surface area contributed by atoms with Gasteiger partial charge in [-0.1, -0.05) is 19.1 Å². The number of piperazine rings is 1. The van der Waals surface area contributed by atoms with Crippen LogP contribution in [0.1, 0.15) is 31.9 Å². The van der Waals surface area contributed by atoms with E-state index < -0.39 is 6.10 Å². The van der Waals surface area contributed by atoms with Gasteiger partial charge in [-0.25, -0.2) is 0 Å². The molecule has 1 saturated heterocycles. The Bertz CT molecular complexity index is 484. The van der Waals surface area contributed by atoms with Gasteiger partial charge in [-0.2, -0.15) is 0 Å². The van der Waals surface area contributed by atoms with Crippen molar-refractivity contribution in [3.05, 3.63) is 29.8 Å². The van der Waals surface area contributed by atoms with Crippen LogP contribution in [0.4, 0.5) is 5.69 Å². The molecular weight excluding hydrogens is 244 g/mol. The molecule has 102 valence electrons. The van der Waals surface area contributed by atoms with Gasteiger partial charge in [0, 0.05) is 5.69 Å². The van der Waals surface area contributed by atoms with E-state index in [4.69, 9.17) is 0 Å². The van der Waals surface area contributed by atoms with Crippen LogP contribution in [0.3, 0.4) is 0 Å². The average molecular weight is 262 g/mol. The predicted molar refractivity (Wildman–Crippen MR) is 71.7 cm³/mol. The van der Waals surface area contributed by atoms with Crippen molar-refractivity contribution in [3.8, 4) is 0 Å². The molecule has 2 rings (SSSR count). The molecular formula is C14H18N2O3. The number of hydrogen-bond acceptors (Lipinski definition) is 4. The zero-order valence-electron chi connectivity index (χ0n) is 11.1. The van der Waals surface area contributed by atoms with Crippen molar-refractivity contribution in [3.63, 3.8) is 0 Å². The molecule has 0 spiro atoms. The Morgan fingerprint density at radius 2 is 2.00 bits per heavy atom. The van der Waals surface area contributed by atoms with Crippen molar-refractivity contribution in [2.24, 2.45) is 0 Å². The molecule has 0 aromatic heterocycles. The minimum atomic E-state index is -0.474. The maximum absolute atomic E-state index is 11.6. The minimum absolute atomic E-state index is 0.169. The highest BCUT2D eigenvalue weighted by molar-refractivity contribution is 6.04. The molecule has 1 aromatic carbocycles. The lowest BCUT2D eigenvalue weighted by Gasteiger charge is -2.33. The molecule has 0 radical (unpaired) electrons. The molecule has 1 heterocycles. The molecule has 0 saturated carbocycles. The van der Waals surface area contributed by atoms with Gasteiger partial charge in [-0.3, -0.25) is 14.9 Å². The molecule has 0 bridgehead atoms. The van der Waals surface area contributed by atoms with Crippen LogP contribution >= 0.6 is 0 Å². The summed E-state index contributed by atoms with van der Waals surface area (Å²) in [6.07, 6.45) is 0.179. The number of rotatable bonds is 3. The highest BCUT2D eigenvalue weighted by Crippen LogP contribution is 2.23. The Kier molecular flexibility index (Phi) is 3.85. The van der Waals surface area contributed by atoms with Gasteiger partial charge in [0.25, 0.3) is 0 Å². The highest BCUT2D eigenvalue weighted by Gasteiger charge is 2.30. The van der Waals surface area contributed by atoms with Crippen molar-refractivity contribution in [2.45, 2.75) is 32.4 Å². The van der Waals surface area contributed by atoms with Crippen LogP contribution in [0.5, 0.6) is 0 Å². The minimum Gasteiger partial charge on any atom is -0.388 e. The van der Waals surface area contributed by atoms with Gasteiger partial charge in [0.15, 0.2) is 0 Å². The Labute approximate surface area is 112 Å². The summed E-state index contributed by atoms with van der Waals surface area (Å²) in [7, 11) is 0. The molecule has 0 aliphatic carbocycles. The Morgan fingerprint density at radius 1 is 1.37 bits per heavy atom. The molecule has 5 heteroatoms. The van der Waals surface area contributed by atoms with Gasteiger partial charge in [0.05, 0.1) is 12.6 Å². The number of hydrogen-bond donors (Lipinski definition) is 2. The first-order valence-corrected chi connectivity index (χ1v) is 6.41. The third-order valence-electron chi connectivity index (χ3n) is 3.42. The second-order valence-corrected chi connectivity index (χ2v) is 4.73. The van der Waals surface area contributed by atoms with Crippen molar-refractivity contribution < 1.29 is 14.7 Å². The first kappa shape index (κ1) is 13.5. The summed E-state index contributed by atoms with van der Waals surface area (Å²) >= 11 is 0. The molecule has 5 nitrogen and oxygen atoms in total. The van der Waals surface area contributed by atoms with Crippen LogP contribution < -0.4 is 10.2 Å². The molecule has 19 heavy (non-hydrogen) atoms. The van der Waals surface area contributed by atoms with Crippen molar-refractivity contribution >= 4 is 17.5 Å². The van der Waals surface area contributed by atoms with Gasteiger partial charge in [0.2, 0.25) is 11.8 Å². The molecule has 2 atom stereocenters. The highest BCUT2D eigenvalue weighted by atomic mass is 16.3. The third kappa shape index (κ3) is 2.76. The molecule has 1 fully saturated rings. The summed E-state index contributed by atoms with van der Waals surface area (Å²) < 4.78 is 0. The van der Waals surface area contributed by atoms with Gasteiger partial charge < -0.3 is 10.0 Å². The van der Waals surface area contributed by atoms with Gasteiger partial charge >= 0.3 is 0 Å². The number of anilines is 1. The predicted octanol–water partition coefficient (Wildman–Crippen LogP) is 0.981. The zero-order valence-corrected chi connectivity index (χ0v) is 11.1. The maximum Gasteiger partial charge on any atom is 0.249 e. The van der Waals surface area contributed by atoms with Crippen molar-refractivity contribution in [1.82, 2.24) is 5.32 Å². The van der Waals surface area contributed by atoms with Crippen LogP contribution in [-0.2, 0) is 9.59 Å². The second-order valence-electron chi connectivity index (χ2n) is 4.73. The van der Waals surface area contributed by atoms with Gasteiger partial charge in [0.1, 0.15) is 6.04 Å². The summed E-state index contributed by atoms with van der Waals surface area (Å²) in [6.45, 7) is 3.84. The molecule has 2 N–H and O–H groups in total. The first-order chi connectivity index (χ1) is 9.02. The van der Waals surface area contributed by atoms with E-state index >= 15 is 0 Å². The van der Waals surface area contributed by atoms with E-state index in [1.54, 1.807) is 11.8 Å². The first-order valence-electron chi connectivity index (χ1n) is 6.41. The van der Waals surface area contributed by atoms with E-state index in [0.29, 0.717) is 6.42 Å². The number of aliphatic hydroxyl groups excluding tert-OH is 1. The molecule has 1 aliphatic heterocycles. The fraction of sp³-hybridized carbons (Fsp3) is 0.429. The average Bonchev–Trinajstić information content (AvgIpc) is 2.42. The van der Waals surface area contributed by atoms with Crippen molar-refractivity contribution in [1.29, 1.82) is 0 Å². The van der Waals surface area contributed by atoms with Crippen molar-refractivity contribution in [2.75, 3.05) is 11.4 Å². The van der Waals surface area contributed by atoms with E-state index in [1.807, 2.05) is 31.2 Å². The summed E-state index contributed by atoms with van der Waals surface area (Å²) in [4.78, 5) is 24.8. The number of benzene rings is 1. The quantitative estimate of drug-likeness (QED) is 0.797. The molecule has 1 aromatic rings. The Hall–Kier alpha value is -1.88. The molecule has 1 unspecified atom stereocenters. The second kappa shape index (κ2) is 5.40. The summed E-state index contributed by atoms with van der Waals surface area (Å²) in [5.41, 5.74) is 1.65. The fourth-order valence-corrected chi connectivity index (χ4v) is 2.15. The lowest BCUT2D eigenvalue weighted by molar-refractivity contribution is -0.132. The lowest BCUT2D eigenvalue weighted by Crippen LogP contribution is -2.57. The third-order valence-corrected chi connectivity index (χ3v) is 3.42. The van der Waals surface area contributed by atoms with E-state index in [-0.39, 0.29) is 24.4 Å². The summed E-state index contributed by atoms with van der Waals surface area (Å²) in [5, 5.41) is 12.0. The fourth-order valence-electron chi connectivity index (χ4n) is 2.15. The topological polar surface area (TPSA) is 69.6 Å².